The van der Waals surface area contributed by atoms with Gasteiger partial charge in [-0.15, -0.1) is 0 Å². The Morgan fingerprint density at radius 3 is 2.33 bits per heavy atom. The quantitative estimate of drug-likeness (QED) is 0.813. The SMILES string of the molecule is Cc1ccc(C2(N3CCOC3=O)CCN(Cc3ccccc3)CC2)cc1C. The number of ether oxygens (including phenoxy) is 1. The first-order valence-corrected chi connectivity index (χ1v) is 9.87. The van der Waals surface area contributed by atoms with Gasteiger partial charge in [-0.1, -0.05) is 48.5 Å². The van der Waals surface area contributed by atoms with Crippen LogP contribution in [0.3, 0.4) is 0 Å². The highest BCUT2D eigenvalue weighted by Gasteiger charge is 2.46. The van der Waals surface area contributed by atoms with Gasteiger partial charge in [0.15, 0.2) is 0 Å². The second-order valence-corrected chi connectivity index (χ2v) is 7.86. The van der Waals surface area contributed by atoms with Crippen LogP contribution in [0.5, 0.6) is 0 Å². The summed E-state index contributed by atoms with van der Waals surface area (Å²) in [6.07, 6.45) is 1.72. The van der Waals surface area contributed by atoms with Crippen molar-refractivity contribution < 1.29 is 9.53 Å². The van der Waals surface area contributed by atoms with E-state index in [0.29, 0.717) is 13.2 Å². The van der Waals surface area contributed by atoms with E-state index in [9.17, 15) is 4.79 Å². The summed E-state index contributed by atoms with van der Waals surface area (Å²) in [5, 5.41) is 0. The Labute approximate surface area is 161 Å². The van der Waals surface area contributed by atoms with Gasteiger partial charge < -0.3 is 4.74 Å². The molecule has 2 aliphatic heterocycles. The van der Waals surface area contributed by atoms with Gasteiger partial charge in [0, 0.05) is 19.6 Å². The molecule has 4 rings (SSSR count). The molecule has 0 aliphatic carbocycles. The van der Waals surface area contributed by atoms with Gasteiger partial charge >= 0.3 is 6.09 Å². The molecule has 4 heteroatoms. The Morgan fingerprint density at radius 1 is 0.963 bits per heavy atom. The molecule has 0 bridgehead atoms. The molecule has 2 saturated heterocycles. The topological polar surface area (TPSA) is 32.8 Å². The van der Waals surface area contributed by atoms with Gasteiger partial charge in [-0.05, 0) is 48.9 Å². The molecule has 0 spiro atoms. The van der Waals surface area contributed by atoms with Gasteiger partial charge in [-0.25, -0.2) is 4.79 Å². The molecule has 0 atom stereocenters. The van der Waals surface area contributed by atoms with Crippen molar-refractivity contribution in [3.8, 4) is 0 Å². The predicted molar refractivity (Wildman–Crippen MR) is 107 cm³/mol. The fourth-order valence-corrected chi connectivity index (χ4v) is 4.45. The third-order valence-corrected chi connectivity index (χ3v) is 6.25. The number of likely N-dealkylation sites (tertiary alicyclic amines) is 1. The van der Waals surface area contributed by atoms with Gasteiger partial charge in [0.1, 0.15) is 6.61 Å². The summed E-state index contributed by atoms with van der Waals surface area (Å²) < 4.78 is 5.32. The molecule has 0 N–H and O–H groups in total. The van der Waals surface area contributed by atoms with Crippen molar-refractivity contribution in [2.75, 3.05) is 26.2 Å². The molecule has 2 fully saturated rings. The van der Waals surface area contributed by atoms with E-state index in [-0.39, 0.29) is 11.6 Å². The molecule has 142 valence electrons. The Bertz CT molecular complexity index is 810. The van der Waals surface area contributed by atoms with Gasteiger partial charge in [0.2, 0.25) is 0 Å². The predicted octanol–water partition coefficient (Wildman–Crippen LogP) is 4.25. The van der Waals surface area contributed by atoms with Crippen molar-refractivity contribution in [2.24, 2.45) is 0 Å². The van der Waals surface area contributed by atoms with E-state index in [1.54, 1.807) is 0 Å². The van der Waals surface area contributed by atoms with Crippen LogP contribution in [-0.4, -0.2) is 42.1 Å². The standard InChI is InChI=1S/C23H28N2O2/c1-18-8-9-21(16-19(18)2)23(25-14-15-27-22(25)26)10-12-24(13-11-23)17-20-6-4-3-5-7-20/h3-9,16H,10-15,17H2,1-2H3. The Hall–Kier alpha value is -2.33. The van der Waals surface area contributed by atoms with Crippen LogP contribution in [0.15, 0.2) is 48.5 Å². The zero-order valence-corrected chi connectivity index (χ0v) is 16.3. The average Bonchev–Trinajstić information content (AvgIpc) is 3.12. The third kappa shape index (κ3) is 3.46. The number of benzene rings is 2. The lowest BCUT2D eigenvalue weighted by molar-refractivity contribution is 0.0460. The molecule has 2 aliphatic rings. The van der Waals surface area contributed by atoms with E-state index in [1.807, 2.05) is 4.90 Å². The van der Waals surface area contributed by atoms with Crippen molar-refractivity contribution in [2.45, 2.75) is 38.8 Å². The van der Waals surface area contributed by atoms with Gasteiger partial charge in [0.05, 0.1) is 12.1 Å². The van der Waals surface area contributed by atoms with E-state index >= 15 is 0 Å². The number of nitrogens with zero attached hydrogens (tertiary/aromatic N) is 2. The monoisotopic (exact) mass is 364 g/mol. The molecule has 1 amide bonds. The summed E-state index contributed by atoms with van der Waals surface area (Å²) >= 11 is 0. The minimum atomic E-state index is -0.251. The van der Waals surface area contributed by atoms with Crippen LogP contribution in [0.1, 0.15) is 35.1 Å². The molecule has 27 heavy (non-hydrogen) atoms. The number of cyclic esters (lactones) is 1. The first kappa shape index (κ1) is 18.1. The summed E-state index contributed by atoms with van der Waals surface area (Å²) in [7, 11) is 0. The number of carbonyl (C=O) groups excluding carboxylic acids is 1. The van der Waals surface area contributed by atoms with Gasteiger partial charge in [0.25, 0.3) is 0 Å². The zero-order chi connectivity index (χ0) is 18.9. The molecule has 2 heterocycles. The van der Waals surface area contributed by atoms with Crippen LogP contribution >= 0.6 is 0 Å². The van der Waals surface area contributed by atoms with E-state index < -0.39 is 0 Å². The van der Waals surface area contributed by atoms with E-state index in [1.165, 1.54) is 22.3 Å². The number of aryl methyl sites for hydroxylation is 2. The molecule has 2 aromatic carbocycles. The first-order valence-electron chi connectivity index (χ1n) is 9.87. The summed E-state index contributed by atoms with van der Waals surface area (Å²) in [5.74, 6) is 0. The number of piperidine rings is 1. The largest absolute Gasteiger partial charge is 0.448 e. The first-order chi connectivity index (χ1) is 13.1. The molecule has 0 radical (unpaired) electrons. The van der Waals surface area contributed by atoms with Gasteiger partial charge in [-0.3, -0.25) is 9.80 Å². The maximum Gasteiger partial charge on any atom is 0.410 e. The molecule has 4 nitrogen and oxygen atoms in total. The highest BCUT2D eigenvalue weighted by atomic mass is 16.6. The van der Waals surface area contributed by atoms with Crippen LogP contribution in [0.2, 0.25) is 0 Å². The van der Waals surface area contributed by atoms with Crippen LogP contribution < -0.4 is 0 Å². The second-order valence-electron chi connectivity index (χ2n) is 7.86. The lowest BCUT2D eigenvalue weighted by Gasteiger charge is -2.47. The molecule has 0 aromatic heterocycles. The van der Waals surface area contributed by atoms with Crippen LogP contribution in [0.4, 0.5) is 4.79 Å². The minimum Gasteiger partial charge on any atom is -0.448 e. The normalized spacial score (nSPS) is 19.9. The Morgan fingerprint density at radius 2 is 1.70 bits per heavy atom. The Kier molecular flexibility index (Phi) is 4.92. The number of rotatable bonds is 4. The maximum atomic E-state index is 12.5. The lowest BCUT2D eigenvalue weighted by atomic mass is 9.78. The zero-order valence-electron chi connectivity index (χ0n) is 16.3. The summed E-state index contributed by atoms with van der Waals surface area (Å²) in [5.41, 5.74) is 4.92. The maximum absolute atomic E-state index is 12.5. The van der Waals surface area contributed by atoms with Gasteiger partial charge in [-0.2, -0.15) is 0 Å². The third-order valence-electron chi connectivity index (χ3n) is 6.25. The van der Waals surface area contributed by atoms with E-state index in [4.69, 9.17) is 4.74 Å². The number of hydrogen-bond donors (Lipinski definition) is 0. The van der Waals surface area contributed by atoms with Crippen molar-refractivity contribution >= 4 is 6.09 Å². The molecule has 2 aromatic rings. The Balaban J connectivity index is 1.59. The van der Waals surface area contributed by atoms with Crippen molar-refractivity contribution in [1.82, 2.24) is 9.80 Å². The average molecular weight is 364 g/mol. The fraction of sp³-hybridized carbons (Fsp3) is 0.435. The lowest BCUT2D eigenvalue weighted by Crippen LogP contribution is -2.53. The summed E-state index contributed by atoms with van der Waals surface area (Å²) in [6.45, 7) is 8.40. The second kappa shape index (κ2) is 7.35. The summed E-state index contributed by atoms with van der Waals surface area (Å²) in [4.78, 5) is 16.9. The number of hydrogen-bond acceptors (Lipinski definition) is 3. The number of carbonyl (C=O) groups is 1. The van der Waals surface area contributed by atoms with Crippen molar-refractivity contribution in [3.05, 3.63) is 70.8 Å². The highest BCUT2D eigenvalue weighted by Crippen LogP contribution is 2.41. The smallest absolute Gasteiger partial charge is 0.410 e. The molecule has 0 saturated carbocycles. The minimum absolute atomic E-state index is 0.162. The number of amides is 1. The van der Waals surface area contributed by atoms with E-state index in [2.05, 4.69) is 67.3 Å². The van der Waals surface area contributed by atoms with Crippen LogP contribution in [-0.2, 0) is 16.8 Å². The molecular weight excluding hydrogens is 336 g/mol. The van der Waals surface area contributed by atoms with E-state index in [0.717, 1.165) is 32.5 Å². The van der Waals surface area contributed by atoms with Crippen molar-refractivity contribution in [3.63, 3.8) is 0 Å². The van der Waals surface area contributed by atoms with Crippen LogP contribution in [0, 0.1) is 13.8 Å². The van der Waals surface area contributed by atoms with Crippen molar-refractivity contribution in [1.29, 1.82) is 0 Å². The highest BCUT2D eigenvalue weighted by molar-refractivity contribution is 5.71. The molecule has 0 unspecified atom stereocenters. The molecular formula is C23H28N2O2. The van der Waals surface area contributed by atoms with Crippen LogP contribution in [0.25, 0.3) is 0 Å². The fourth-order valence-electron chi connectivity index (χ4n) is 4.45. The summed E-state index contributed by atoms with van der Waals surface area (Å²) in [6, 6.07) is 17.3.